The summed E-state index contributed by atoms with van der Waals surface area (Å²) in [7, 11) is 0. The zero-order valence-corrected chi connectivity index (χ0v) is 11.0. The molecule has 0 aliphatic rings. The van der Waals surface area contributed by atoms with Gasteiger partial charge in [-0.3, -0.25) is 0 Å². The molecule has 17 heavy (non-hydrogen) atoms. The molecule has 0 amide bonds. The molecule has 0 atom stereocenters. The quantitative estimate of drug-likeness (QED) is 0.783. The topological polar surface area (TPSA) is 12.0 Å². The van der Waals surface area contributed by atoms with Gasteiger partial charge in [0.25, 0.3) is 0 Å². The van der Waals surface area contributed by atoms with E-state index in [1.54, 1.807) is 0 Å². The van der Waals surface area contributed by atoms with Crippen molar-refractivity contribution in [2.75, 3.05) is 5.32 Å². The second-order valence-corrected chi connectivity index (χ2v) is 4.74. The molecule has 88 valence electrons. The molecule has 0 unspecified atom stereocenters. The van der Waals surface area contributed by atoms with Crippen molar-refractivity contribution >= 4 is 11.4 Å². The SMILES string of the molecule is Cc1ccc(Nc2ccc(C)c(C)c2)c(C)c1. The summed E-state index contributed by atoms with van der Waals surface area (Å²) < 4.78 is 0. The Morgan fingerprint density at radius 2 is 1.47 bits per heavy atom. The third-order valence-electron chi connectivity index (χ3n) is 3.17. The number of nitrogens with one attached hydrogen (secondary N) is 1. The summed E-state index contributed by atoms with van der Waals surface area (Å²) in [5.74, 6) is 0. The van der Waals surface area contributed by atoms with Gasteiger partial charge in [-0.15, -0.1) is 0 Å². The first-order valence-corrected chi connectivity index (χ1v) is 5.98. The number of hydrogen-bond acceptors (Lipinski definition) is 1. The molecule has 0 aromatic heterocycles. The Labute approximate surface area is 103 Å². The number of benzene rings is 2. The van der Waals surface area contributed by atoms with Crippen LogP contribution >= 0.6 is 0 Å². The van der Waals surface area contributed by atoms with Crippen molar-refractivity contribution in [1.82, 2.24) is 0 Å². The smallest absolute Gasteiger partial charge is 0.0414 e. The predicted octanol–water partition coefficient (Wildman–Crippen LogP) is 4.66. The van der Waals surface area contributed by atoms with Crippen molar-refractivity contribution in [2.24, 2.45) is 0 Å². The van der Waals surface area contributed by atoms with E-state index >= 15 is 0 Å². The zero-order valence-electron chi connectivity index (χ0n) is 11.0. The highest BCUT2D eigenvalue weighted by Gasteiger charge is 2.00. The molecule has 0 heterocycles. The molecule has 1 N–H and O–H groups in total. The van der Waals surface area contributed by atoms with E-state index in [-0.39, 0.29) is 0 Å². The number of aryl methyl sites for hydroxylation is 4. The van der Waals surface area contributed by atoms with Crippen LogP contribution in [0.4, 0.5) is 11.4 Å². The molecule has 1 nitrogen and oxygen atoms in total. The van der Waals surface area contributed by atoms with Gasteiger partial charge >= 0.3 is 0 Å². The average Bonchev–Trinajstić information content (AvgIpc) is 2.27. The minimum atomic E-state index is 1.15. The van der Waals surface area contributed by atoms with Gasteiger partial charge in [0.05, 0.1) is 0 Å². The standard InChI is InChI=1S/C16H19N/c1-11-5-8-16(14(4)9-11)17-15-7-6-12(2)13(3)10-15/h5-10,17H,1-4H3. The van der Waals surface area contributed by atoms with Gasteiger partial charge in [-0.1, -0.05) is 23.8 Å². The maximum atomic E-state index is 3.47. The van der Waals surface area contributed by atoms with Gasteiger partial charge in [0.1, 0.15) is 0 Å². The lowest BCUT2D eigenvalue weighted by Gasteiger charge is -2.11. The Morgan fingerprint density at radius 1 is 0.706 bits per heavy atom. The van der Waals surface area contributed by atoms with Gasteiger partial charge in [0, 0.05) is 11.4 Å². The molecule has 0 saturated heterocycles. The molecule has 0 bridgehead atoms. The van der Waals surface area contributed by atoms with E-state index < -0.39 is 0 Å². The number of rotatable bonds is 2. The summed E-state index contributed by atoms with van der Waals surface area (Å²) in [5.41, 5.74) is 7.56. The Bertz CT molecular complexity index is 541. The Balaban J connectivity index is 2.28. The highest BCUT2D eigenvalue weighted by molar-refractivity contribution is 5.64. The first-order chi connectivity index (χ1) is 8.06. The van der Waals surface area contributed by atoms with E-state index in [2.05, 4.69) is 69.4 Å². The van der Waals surface area contributed by atoms with E-state index in [9.17, 15) is 0 Å². The number of hydrogen-bond donors (Lipinski definition) is 1. The zero-order chi connectivity index (χ0) is 12.4. The monoisotopic (exact) mass is 225 g/mol. The third-order valence-corrected chi connectivity index (χ3v) is 3.17. The van der Waals surface area contributed by atoms with E-state index in [1.165, 1.54) is 27.9 Å². The van der Waals surface area contributed by atoms with Crippen LogP contribution in [0.1, 0.15) is 22.3 Å². The maximum Gasteiger partial charge on any atom is 0.0414 e. The normalized spacial score (nSPS) is 10.4. The molecule has 0 aliphatic carbocycles. The highest BCUT2D eigenvalue weighted by atomic mass is 14.9. The molecule has 0 spiro atoms. The minimum absolute atomic E-state index is 1.15. The highest BCUT2D eigenvalue weighted by Crippen LogP contribution is 2.23. The summed E-state index contributed by atoms with van der Waals surface area (Å²) in [5, 5.41) is 3.47. The molecule has 2 aromatic rings. The van der Waals surface area contributed by atoms with Crippen LogP contribution in [0.3, 0.4) is 0 Å². The fourth-order valence-corrected chi connectivity index (χ4v) is 1.93. The van der Waals surface area contributed by atoms with Crippen molar-refractivity contribution in [3.8, 4) is 0 Å². The lowest BCUT2D eigenvalue weighted by Crippen LogP contribution is -1.94. The molecular formula is C16H19N. The predicted molar refractivity (Wildman–Crippen MR) is 75.1 cm³/mol. The van der Waals surface area contributed by atoms with Crippen molar-refractivity contribution in [1.29, 1.82) is 0 Å². The summed E-state index contributed by atoms with van der Waals surface area (Å²) in [6.45, 7) is 8.53. The second-order valence-electron chi connectivity index (χ2n) is 4.74. The van der Waals surface area contributed by atoms with E-state index in [1.807, 2.05) is 0 Å². The van der Waals surface area contributed by atoms with Crippen LogP contribution in [0.2, 0.25) is 0 Å². The maximum absolute atomic E-state index is 3.47. The van der Waals surface area contributed by atoms with Crippen LogP contribution < -0.4 is 5.32 Å². The Morgan fingerprint density at radius 3 is 2.12 bits per heavy atom. The summed E-state index contributed by atoms with van der Waals surface area (Å²) in [4.78, 5) is 0. The molecular weight excluding hydrogens is 206 g/mol. The van der Waals surface area contributed by atoms with Crippen molar-refractivity contribution in [2.45, 2.75) is 27.7 Å². The molecule has 0 fully saturated rings. The summed E-state index contributed by atoms with van der Waals surface area (Å²) in [6, 6.07) is 12.9. The fraction of sp³-hybridized carbons (Fsp3) is 0.250. The average molecular weight is 225 g/mol. The third kappa shape index (κ3) is 2.68. The van der Waals surface area contributed by atoms with Crippen LogP contribution in [-0.4, -0.2) is 0 Å². The lowest BCUT2D eigenvalue weighted by molar-refractivity contribution is 1.32. The van der Waals surface area contributed by atoms with Gasteiger partial charge in [-0.2, -0.15) is 0 Å². The summed E-state index contributed by atoms with van der Waals surface area (Å²) >= 11 is 0. The van der Waals surface area contributed by atoms with Crippen LogP contribution in [0.5, 0.6) is 0 Å². The van der Waals surface area contributed by atoms with Gasteiger partial charge in [0.2, 0.25) is 0 Å². The second kappa shape index (κ2) is 4.62. The van der Waals surface area contributed by atoms with Crippen LogP contribution in [0.25, 0.3) is 0 Å². The van der Waals surface area contributed by atoms with Crippen molar-refractivity contribution in [3.63, 3.8) is 0 Å². The number of anilines is 2. The molecule has 0 aliphatic heterocycles. The molecule has 2 aromatic carbocycles. The molecule has 0 radical (unpaired) electrons. The first-order valence-electron chi connectivity index (χ1n) is 5.98. The fourth-order valence-electron chi connectivity index (χ4n) is 1.93. The Hall–Kier alpha value is -1.76. The van der Waals surface area contributed by atoms with Crippen molar-refractivity contribution in [3.05, 3.63) is 58.7 Å². The Kier molecular flexibility index (Phi) is 3.19. The van der Waals surface area contributed by atoms with Crippen LogP contribution in [-0.2, 0) is 0 Å². The van der Waals surface area contributed by atoms with E-state index in [4.69, 9.17) is 0 Å². The van der Waals surface area contributed by atoms with Gasteiger partial charge < -0.3 is 5.32 Å². The lowest BCUT2D eigenvalue weighted by atomic mass is 10.1. The van der Waals surface area contributed by atoms with Crippen LogP contribution in [0, 0.1) is 27.7 Å². The van der Waals surface area contributed by atoms with Crippen molar-refractivity contribution < 1.29 is 0 Å². The minimum Gasteiger partial charge on any atom is -0.355 e. The largest absolute Gasteiger partial charge is 0.355 e. The van der Waals surface area contributed by atoms with Gasteiger partial charge in [-0.25, -0.2) is 0 Å². The van der Waals surface area contributed by atoms with Gasteiger partial charge in [-0.05, 0) is 62.6 Å². The molecule has 1 heteroatoms. The molecule has 0 saturated carbocycles. The van der Waals surface area contributed by atoms with E-state index in [0.29, 0.717) is 0 Å². The van der Waals surface area contributed by atoms with E-state index in [0.717, 1.165) is 5.69 Å². The first kappa shape index (κ1) is 11.7. The van der Waals surface area contributed by atoms with Gasteiger partial charge in [0.15, 0.2) is 0 Å². The summed E-state index contributed by atoms with van der Waals surface area (Å²) in [6.07, 6.45) is 0. The van der Waals surface area contributed by atoms with Crippen LogP contribution in [0.15, 0.2) is 36.4 Å². The molecule has 2 rings (SSSR count).